The summed E-state index contributed by atoms with van der Waals surface area (Å²) >= 11 is 6.69. The smallest absolute Gasteiger partial charge is 0.286 e. The van der Waals surface area contributed by atoms with Gasteiger partial charge in [0.1, 0.15) is 0 Å². The van der Waals surface area contributed by atoms with Crippen molar-refractivity contribution < 1.29 is 4.79 Å². The van der Waals surface area contributed by atoms with Gasteiger partial charge < -0.3 is 10.2 Å². The van der Waals surface area contributed by atoms with Crippen LogP contribution in [0.3, 0.4) is 0 Å². The summed E-state index contributed by atoms with van der Waals surface area (Å²) in [6.45, 7) is 7.99. The van der Waals surface area contributed by atoms with Crippen LogP contribution in [-0.4, -0.2) is 50.4 Å². The number of carbonyl (C=O) groups is 1. The van der Waals surface area contributed by atoms with E-state index < -0.39 is 0 Å². The highest BCUT2D eigenvalue weighted by atomic mass is 35.5. The first-order valence-electron chi connectivity index (χ1n) is 6.67. The third-order valence-corrected chi connectivity index (χ3v) is 4.04. The van der Waals surface area contributed by atoms with Gasteiger partial charge in [-0.25, -0.2) is 0 Å². The van der Waals surface area contributed by atoms with Crippen molar-refractivity contribution in [3.05, 3.63) is 21.9 Å². The van der Waals surface area contributed by atoms with Crippen molar-refractivity contribution >= 4 is 34.5 Å². The molecule has 2 rings (SSSR count). The van der Waals surface area contributed by atoms with E-state index in [1.54, 1.807) is 17.1 Å². The van der Waals surface area contributed by atoms with Crippen LogP contribution < -0.4 is 5.32 Å². The lowest BCUT2D eigenvalue weighted by molar-refractivity contribution is 0.102. The molecule has 0 saturated heterocycles. The number of rotatable bonds is 7. The zero-order valence-electron chi connectivity index (χ0n) is 11.9. The van der Waals surface area contributed by atoms with Crippen molar-refractivity contribution in [1.82, 2.24) is 24.9 Å². The van der Waals surface area contributed by atoms with Crippen LogP contribution in [0.15, 0.2) is 12.4 Å². The number of nitrogens with zero attached hydrogens (tertiary/aromatic N) is 5. The first kappa shape index (κ1) is 15.9. The number of nitrogens with one attached hydrogen (secondary N) is 1. The molecule has 0 spiro atoms. The summed E-state index contributed by atoms with van der Waals surface area (Å²) in [5, 5.41) is 14.5. The lowest BCUT2D eigenvalue weighted by Gasteiger charge is -2.17. The Labute approximate surface area is 131 Å². The van der Waals surface area contributed by atoms with Crippen LogP contribution in [0.2, 0.25) is 4.47 Å². The van der Waals surface area contributed by atoms with Gasteiger partial charge in [-0.15, -0.1) is 10.2 Å². The molecule has 0 aliphatic heterocycles. The Balaban J connectivity index is 1.89. The standard InChI is InChI=1S/C12H17ClN6OS/c1-3-18(4-2)5-6-19-8-9(7-14-19)15-10(20)11-16-17-12(13)21-11/h7-8H,3-6H2,1-2H3,(H,15,20). The highest BCUT2D eigenvalue weighted by Gasteiger charge is 2.13. The summed E-state index contributed by atoms with van der Waals surface area (Å²) in [5.74, 6) is -0.331. The van der Waals surface area contributed by atoms with Crippen LogP contribution in [0.1, 0.15) is 23.6 Å². The first-order valence-corrected chi connectivity index (χ1v) is 7.87. The van der Waals surface area contributed by atoms with E-state index in [0.717, 1.165) is 37.5 Å². The van der Waals surface area contributed by atoms with E-state index in [2.05, 4.69) is 39.4 Å². The molecule has 7 nitrogen and oxygen atoms in total. The summed E-state index contributed by atoms with van der Waals surface area (Å²) in [6.07, 6.45) is 3.41. The van der Waals surface area contributed by atoms with Gasteiger partial charge in [-0.1, -0.05) is 25.2 Å². The number of amides is 1. The van der Waals surface area contributed by atoms with Crippen molar-refractivity contribution in [1.29, 1.82) is 0 Å². The van der Waals surface area contributed by atoms with Gasteiger partial charge in [0.15, 0.2) is 0 Å². The second-order valence-corrected chi connectivity index (χ2v) is 5.89. The van der Waals surface area contributed by atoms with E-state index in [-0.39, 0.29) is 15.4 Å². The second kappa shape index (κ2) is 7.48. The quantitative estimate of drug-likeness (QED) is 0.841. The Kier molecular flexibility index (Phi) is 5.66. The minimum Gasteiger partial charge on any atom is -0.317 e. The van der Waals surface area contributed by atoms with Gasteiger partial charge in [-0.3, -0.25) is 9.48 Å². The SMILES string of the molecule is CCN(CC)CCn1cc(NC(=O)c2nnc(Cl)s2)cn1. The van der Waals surface area contributed by atoms with Crippen molar-refractivity contribution in [2.24, 2.45) is 0 Å². The largest absolute Gasteiger partial charge is 0.317 e. The van der Waals surface area contributed by atoms with E-state index in [1.807, 2.05) is 0 Å². The molecule has 0 radical (unpaired) electrons. The predicted octanol–water partition coefficient (Wildman–Crippen LogP) is 1.98. The maximum absolute atomic E-state index is 11.9. The monoisotopic (exact) mass is 328 g/mol. The van der Waals surface area contributed by atoms with E-state index >= 15 is 0 Å². The van der Waals surface area contributed by atoms with Gasteiger partial charge in [-0.05, 0) is 24.7 Å². The first-order chi connectivity index (χ1) is 10.1. The van der Waals surface area contributed by atoms with Gasteiger partial charge in [0.2, 0.25) is 9.47 Å². The molecule has 0 aromatic carbocycles. The van der Waals surface area contributed by atoms with E-state index in [0.29, 0.717) is 5.69 Å². The number of anilines is 1. The Hall–Kier alpha value is -1.51. The van der Waals surface area contributed by atoms with Crippen molar-refractivity contribution in [2.75, 3.05) is 25.0 Å². The van der Waals surface area contributed by atoms with Gasteiger partial charge in [0, 0.05) is 12.7 Å². The molecule has 0 atom stereocenters. The lowest BCUT2D eigenvalue weighted by Crippen LogP contribution is -2.27. The van der Waals surface area contributed by atoms with Gasteiger partial charge in [0.25, 0.3) is 5.91 Å². The zero-order valence-corrected chi connectivity index (χ0v) is 13.5. The molecule has 2 aromatic rings. The summed E-state index contributed by atoms with van der Waals surface area (Å²) in [7, 11) is 0. The van der Waals surface area contributed by atoms with E-state index in [9.17, 15) is 4.79 Å². The average Bonchev–Trinajstić information content (AvgIpc) is 3.09. The number of likely N-dealkylation sites (N-methyl/N-ethyl adjacent to an activating group) is 1. The second-order valence-electron chi connectivity index (χ2n) is 4.33. The Morgan fingerprint density at radius 1 is 1.43 bits per heavy atom. The molecule has 2 aromatic heterocycles. The van der Waals surface area contributed by atoms with Crippen LogP contribution in [0.25, 0.3) is 0 Å². The lowest BCUT2D eigenvalue weighted by atomic mass is 10.4. The van der Waals surface area contributed by atoms with Crippen LogP contribution in [0.4, 0.5) is 5.69 Å². The van der Waals surface area contributed by atoms with Crippen molar-refractivity contribution in [3.8, 4) is 0 Å². The molecule has 0 unspecified atom stereocenters. The molecule has 1 N–H and O–H groups in total. The maximum Gasteiger partial charge on any atom is 0.286 e. The third-order valence-electron chi connectivity index (χ3n) is 3.03. The molecule has 1 amide bonds. The Bertz CT molecular complexity index is 594. The number of hydrogen-bond donors (Lipinski definition) is 1. The van der Waals surface area contributed by atoms with E-state index in [4.69, 9.17) is 11.6 Å². The number of aromatic nitrogens is 4. The predicted molar refractivity (Wildman–Crippen MR) is 82.9 cm³/mol. The van der Waals surface area contributed by atoms with Crippen molar-refractivity contribution in [2.45, 2.75) is 20.4 Å². The Morgan fingerprint density at radius 3 is 2.81 bits per heavy atom. The summed E-state index contributed by atoms with van der Waals surface area (Å²) in [6, 6.07) is 0. The fourth-order valence-corrected chi connectivity index (χ4v) is 2.54. The highest BCUT2D eigenvalue weighted by molar-refractivity contribution is 7.17. The van der Waals surface area contributed by atoms with Gasteiger partial charge in [-0.2, -0.15) is 5.10 Å². The van der Waals surface area contributed by atoms with Gasteiger partial charge in [0.05, 0.1) is 18.4 Å². The average molecular weight is 329 g/mol. The summed E-state index contributed by atoms with van der Waals surface area (Å²) in [4.78, 5) is 14.2. The minimum atomic E-state index is -0.331. The molecule has 114 valence electrons. The van der Waals surface area contributed by atoms with Crippen molar-refractivity contribution in [3.63, 3.8) is 0 Å². The highest BCUT2D eigenvalue weighted by Crippen LogP contribution is 2.16. The molecule has 0 aliphatic carbocycles. The Morgan fingerprint density at radius 2 is 2.19 bits per heavy atom. The molecule has 9 heteroatoms. The molecule has 0 bridgehead atoms. The molecule has 0 fully saturated rings. The topological polar surface area (TPSA) is 75.9 Å². The minimum absolute atomic E-state index is 0.232. The maximum atomic E-state index is 11.9. The molecular formula is C12H17ClN6OS. The number of halogens is 1. The van der Waals surface area contributed by atoms with Gasteiger partial charge >= 0.3 is 0 Å². The van der Waals surface area contributed by atoms with E-state index in [1.165, 1.54) is 0 Å². The summed E-state index contributed by atoms with van der Waals surface area (Å²) < 4.78 is 2.05. The fraction of sp³-hybridized carbons (Fsp3) is 0.500. The molecular weight excluding hydrogens is 312 g/mol. The number of hydrogen-bond acceptors (Lipinski definition) is 6. The van der Waals surface area contributed by atoms with Crippen LogP contribution in [0, 0.1) is 0 Å². The third kappa shape index (κ3) is 4.48. The molecule has 0 aliphatic rings. The normalized spacial score (nSPS) is 11.0. The zero-order chi connectivity index (χ0) is 15.2. The fourth-order valence-electron chi connectivity index (χ4n) is 1.82. The summed E-state index contributed by atoms with van der Waals surface area (Å²) in [5.41, 5.74) is 0.630. The molecule has 0 saturated carbocycles. The molecule has 21 heavy (non-hydrogen) atoms. The van der Waals surface area contributed by atoms with Crippen LogP contribution >= 0.6 is 22.9 Å². The molecule has 2 heterocycles. The number of carbonyl (C=O) groups excluding carboxylic acids is 1. The van der Waals surface area contributed by atoms with Crippen LogP contribution in [0.5, 0.6) is 0 Å². The van der Waals surface area contributed by atoms with Crippen LogP contribution in [-0.2, 0) is 6.54 Å².